The summed E-state index contributed by atoms with van der Waals surface area (Å²) in [5, 5.41) is 11.6. The summed E-state index contributed by atoms with van der Waals surface area (Å²) in [7, 11) is 0. The molecular formula is C29H32FN3O5. The number of nitrogen functional groups attached to an aromatic ring is 1. The zero-order valence-corrected chi connectivity index (χ0v) is 21.2. The van der Waals surface area contributed by atoms with Crippen molar-refractivity contribution in [2.24, 2.45) is 0 Å². The Morgan fingerprint density at radius 3 is 2.26 bits per heavy atom. The van der Waals surface area contributed by atoms with Crippen molar-refractivity contribution in [3.8, 4) is 5.75 Å². The first kappa shape index (κ1) is 28.2. The normalized spacial score (nSPS) is 12.3. The van der Waals surface area contributed by atoms with Crippen LogP contribution in [0.15, 0.2) is 78.9 Å². The lowest BCUT2D eigenvalue weighted by Crippen LogP contribution is -2.50. The molecular weight excluding hydrogens is 489 g/mol. The summed E-state index contributed by atoms with van der Waals surface area (Å²) in [6.07, 6.45) is -0.693. The van der Waals surface area contributed by atoms with Crippen molar-refractivity contribution in [3.05, 3.63) is 90.0 Å². The fourth-order valence-electron chi connectivity index (χ4n) is 3.94. The second kappa shape index (κ2) is 13.8. The molecule has 0 saturated carbocycles. The van der Waals surface area contributed by atoms with E-state index in [0.29, 0.717) is 12.1 Å². The molecule has 0 aliphatic rings. The van der Waals surface area contributed by atoms with Gasteiger partial charge in [-0.15, -0.1) is 0 Å². The van der Waals surface area contributed by atoms with Gasteiger partial charge in [0.2, 0.25) is 11.8 Å². The van der Waals surface area contributed by atoms with Gasteiger partial charge in [-0.25, -0.2) is 4.79 Å². The molecule has 4 N–H and O–H groups in total. The molecule has 38 heavy (non-hydrogen) atoms. The lowest BCUT2D eigenvalue weighted by molar-refractivity contribution is -0.153. The zero-order chi connectivity index (χ0) is 27.5. The molecule has 0 radical (unpaired) electrons. The van der Waals surface area contributed by atoms with E-state index in [1.165, 1.54) is 12.1 Å². The molecule has 0 heterocycles. The van der Waals surface area contributed by atoms with Crippen LogP contribution in [0.25, 0.3) is 0 Å². The minimum Gasteiger partial charge on any atom is -0.476 e. The largest absolute Gasteiger partial charge is 0.476 e. The van der Waals surface area contributed by atoms with Crippen molar-refractivity contribution in [2.75, 3.05) is 17.2 Å². The van der Waals surface area contributed by atoms with E-state index in [2.05, 4.69) is 5.32 Å². The molecule has 0 bridgehead atoms. The zero-order valence-electron chi connectivity index (χ0n) is 21.2. The molecule has 3 aromatic carbocycles. The summed E-state index contributed by atoms with van der Waals surface area (Å²) in [6, 6.07) is 21.9. The van der Waals surface area contributed by atoms with Gasteiger partial charge < -0.3 is 25.8 Å². The van der Waals surface area contributed by atoms with E-state index in [1.54, 1.807) is 11.0 Å². The first-order valence-electron chi connectivity index (χ1n) is 12.4. The van der Waals surface area contributed by atoms with Gasteiger partial charge in [-0.3, -0.25) is 9.59 Å². The number of hydrogen-bond acceptors (Lipinski definition) is 5. The summed E-state index contributed by atoms with van der Waals surface area (Å²) in [4.78, 5) is 39.3. The first-order valence-corrected chi connectivity index (χ1v) is 12.4. The van der Waals surface area contributed by atoms with Crippen LogP contribution >= 0.6 is 0 Å². The molecule has 0 fully saturated rings. The fourth-order valence-corrected chi connectivity index (χ4v) is 3.94. The lowest BCUT2D eigenvalue weighted by atomic mass is 10.0. The van der Waals surface area contributed by atoms with E-state index in [4.69, 9.17) is 15.6 Å². The number of nitrogens with two attached hydrogens (primary N) is 1. The third-order valence-corrected chi connectivity index (χ3v) is 5.85. The second-order valence-corrected chi connectivity index (χ2v) is 8.81. The van der Waals surface area contributed by atoms with Crippen LogP contribution in [0.3, 0.4) is 0 Å². The predicted octanol–water partition coefficient (Wildman–Crippen LogP) is 4.13. The molecule has 2 unspecified atom stereocenters. The van der Waals surface area contributed by atoms with E-state index in [0.717, 1.165) is 24.1 Å². The summed E-state index contributed by atoms with van der Waals surface area (Å²) in [5.41, 5.74) is 8.11. The molecule has 3 rings (SSSR count). The maximum atomic E-state index is 13.9. The van der Waals surface area contributed by atoms with Crippen LogP contribution < -0.4 is 20.7 Å². The number of aliphatic carboxylic acids is 1. The quantitative estimate of drug-likeness (QED) is 0.291. The van der Waals surface area contributed by atoms with Gasteiger partial charge in [-0.05, 0) is 41.8 Å². The van der Waals surface area contributed by atoms with Crippen LogP contribution in [0.4, 0.5) is 15.8 Å². The number of unbranched alkanes of at least 4 members (excludes halogenated alkanes) is 1. The Balaban J connectivity index is 1.87. The maximum Gasteiger partial charge on any atom is 0.378 e. The first-order chi connectivity index (χ1) is 18.3. The number of carboxylic acid groups (broad SMARTS) is 1. The summed E-state index contributed by atoms with van der Waals surface area (Å²) in [5.74, 6) is -2.49. The third kappa shape index (κ3) is 8.06. The minimum atomic E-state index is -2.56. The maximum absolute atomic E-state index is 13.9. The standard InChI is InChI=1S/C29H32FN3O5/c1-2-3-16-33(22-12-8-5-9-13-22)28(35)24(32-26(34)19-20-10-6-4-7-11-20)18-21-14-15-25(23(31)17-21)38-27(30)29(36)37/h4-15,17,24,27H,2-3,16,18-19,31H2,1H3,(H,32,34)(H,36,37). The van der Waals surface area contributed by atoms with Crippen molar-refractivity contribution >= 4 is 29.2 Å². The van der Waals surface area contributed by atoms with Gasteiger partial charge in [0.1, 0.15) is 11.8 Å². The number of carbonyl (C=O) groups is 3. The Labute approximate surface area is 221 Å². The number of anilines is 2. The minimum absolute atomic E-state index is 0.0131. The van der Waals surface area contributed by atoms with E-state index >= 15 is 0 Å². The number of carbonyl (C=O) groups excluding carboxylic acids is 2. The van der Waals surface area contributed by atoms with Gasteiger partial charge in [-0.2, -0.15) is 4.39 Å². The van der Waals surface area contributed by atoms with Gasteiger partial charge >= 0.3 is 12.3 Å². The molecule has 9 heteroatoms. The second-order valence-electron chi connectivity index (χ2n) is 8.81. The van der Waals surface area contributed by atoms with Crippen LogP contribution in [0.5, 0.6) is 5.75 Å². The van der Waals surface area contributed by atoms with Crippen LogP contribution in [0.1, 0.15) is 30.9 Å². The van der Waals surface area contributed by atoms with Crippen molar-refractivity contribution in [1.29, 1.82) is 0 Å². The van der Waals surface area contributed by atoms with E-state index in [-0.39, 0.29) is 36.1 Å². The Hall–Kier alpha value is -4.40. The molecule has 0 spiro atoms. The highest BCUT2D eigenvalue weighted by Gasteiger charge is 2.28. The molecule has 0 aromatic heterocycles. The van der Waals surface area contributed by atoms with Crippen molar-refractivity contribution in [2.45, 2.75) is 45.0 Å². The van der Waals surface area contributed by atoms with Crippen molar-refractivity contribution in [1.82, 2.24) is 5.32 Å². The summed E-state index contributed by atoms with van der Waals surface area (Å²) in [6.45, 7) is 2.51. The van der Waals surface area contributed by atoms with Crippen molar-refractivity contribution < 1.29 is 28.6 Å². The Bertz CT molecular complexity index is 1220. The highest BCUT2D eigenvalue weighted by molar-refractivity contribution is 5.99. The number of rotatable bonds is 13. The van der Waals surface area contributed by atoms with E-state index in [9.17, 15) is 18.8 Å². The smallest absolute Gasteiger partial charge is 0.378 e. The Morgan fingerprint density at radius 2 is 1.66 bits per heavy atom. The highest BCUT2D eigenvalue weighted by Crippen LogP contribution is 2.25. The predicted molar refractivity (Wildman–Crippen MR) is 143 cm³/mol. The molecule has 0 aliphatic heterocycles. The Morgan fingerprint density at radius 1 is 1.00 bits per heavy atom. The van der Waals surface area contributed by atoms with Crippen LogP contribution in [-0.2, 0) is 27.2 Å². The number of para-hydroxylation sites is 1. The summed E-state index contributed by atoms with van der Waals surface area (Å²) < 4.78 is 18.3. The number of alkyl halides is 1. The van der Waals surface area contributed by atoms with Gasteiger partial charge in [0, 0.05) is 18.7 Å². The average molecular weight is 522 g/mol. The third-order valence-electron chi connectivity index (χ3n) is 5.85. The van der Waals surface area contributed by atoms with Crippen molar-refractivity contribution in [3.63, 3.8) is 0 Å². The topological polar surface area (TPSA) is 122 Å². The van der Waals surface area contributed by atoms with Gasteiger partial charge in [0.25, 0.3) is 0 Å². The van der Waals surface area contributed by atoms with Gasteiger partial charge in [0.15, 0.2) is 0 Å². The fraction of sp³-hybridized carbons (Fsp3) is 0.276. The molecule has 200 valence electrons. The number of amides is 2. The number of benzene rings is 3. The number of nitrogens with zero attached hydrogens (tertiary/aromatic N) is 1. The molecule has 2 atom stereocenters. The number of nitrogens with one attached hydrogen (secondary N) is 1. The molecule has 0 saturated heterocycles. The number of ether oxygens (including phenoxy) is 1. The molecule has 8 nitrogen and oxygen atoms in total. The lowest BCUT2D eigenvalue weighted by Gasteiger charge is -2.28. The monoisotopic (exact) mass is 521 g/mol. The van der Waals surface area contributed by atoms with Gasteiger partial charge in [0.05, 0.1) is 12.1 Å². The Kier molecular flexibility index (Phi) is 10.2. The van der Waals surface area contributed by atoms with Crippen LogP contribution in [-0.4, -0.2) is 41.8 Å². The van der Waals surface area contributed by atoms with Gasteiger partial charge in [-0.1, -0.05) is 67.9 Å². The SMILES string of the molecule is CCCCN(C(=O)C(Cc1ccc(OC(F)C(=O)O)c(N)c1)NC(=O)Cc1ccccc1)c1ccccc1. The van der Waals surface area contributed by atoms with E-state index < -0.39 is 18.4 Å². The summed E-state index contributed by atoms with van der Waals surface area (Å²) >= 11 is 0. The number of carboxylic acids is 1. The highest BCUT2D eigenvalue weighted by atomic mass is 19.1. The molecule has 3 aromatic rings. The number of hydrogen-bond donors (Lipinski definition) is 3. The number of halogens is 1. The molecule has 0 aliphatic carbocycles. The molecule has 2 amide bonds. The van der Waals surface area contributed by atoms with E-state index in [1.807, 2.05) is 67.6 Å². The van der Waals surface area contributed by atoms with Crippen LogP contribution in [0, 0.1) is 0 Å². The average Bonchev–Trinajstić information content (AvgIpc) is 2.91. The van der Waals surface area contributed by atoms with Crippen LogP contribution in [0.2, 0.25) is 0 Å².